The Morgan fingerprint density at radius 2 is 2.14 bits per heavy atom. The van der Waals surface area contributed by atoms with Crippen LogP contribution >= 0.6 is 0 Å². The lowest BCUT2D eigenvalue weighted by molar-refractivity contribution is -0.142. The molecule has 2 unspecified atom stereocenters. The van der Waals surface area contributed by atoms with Crippen molar-refractivity contribution in [3.8, 4) is 0 Å². The zero-order valence-corrected chi connectivity index (χ0v) is 8.72. The third-order valence-corrected chi connectivity index (χ3v) is 2.23. The molecular formula is C9H17F2NO2. The van der Waals surface area contributed by atoms with E-state index in [1.165, 1.54) is 6.92 Å². The second-order valence-electron chi connectivity index (χ2n) is 4.46. The summed E-state index contributed by atoms with van der Waals surface area (Å²) in [6.45, 7) is 5.16. The number of ether oxygens (including phenoxy) is 2. The molecule has 0 spiro atoms. The Balaban J connectivity index is 2.47. The van der Waals surface area contributed by atoms with E-state index < -0.39 is 17.8 Å². The maximum Gasteiger partial charge on any atom is 0.256 e. The fourth-order valence-corrected chi connectivity index (χ4v) is 1.44. The maximum absolute atomic E-state index is 12.4. The van der Waals surface area contributed by atoms with Gasteiger partial charge in [0.15, 0.2) is 5.79 Å². The molecule has 2 atom stereocenters. The van der Waals surface area contributed by atoms with Crippen LogP contribution in [0.4, 0.5) is 8.78 Å². The molecule has 5 heteroatoms. The van der Waals surface area contributed by atoms with Gasteiger partial charge in [-0.2, -0.15) is 0 Å². The molecular weight excluding hydrogens is 192 g/mol. The molecule has 1 heterocycles. The minimum atomic E-state index is -2.55. The minimum absolute atomic E-state index is 0.105. The second-order valence-corrected chi connectivity index (χ2v) is 4.46. The molecule has 0 aromatic carbocycles. The van der Waals surface area contributed by atoms with Crippen LogP contribution in [0, 0.1) is 0 Å². The summed E-state index contributed by atoms with van der Waals surface area (Å²) in [5, 5.41) is 0. The van der Waals surface area contributed by atoms with E-state index in [0.29, 0.717) is 6.61 Å². The van der Waals surface area contributed by atoms with Crippen molar-refractivity contribution in [2.24, 2.45) is 5.73 Å². The third kappa shape index (κ3) is 2.87. The zero-order valence-electron chi connectivity index (χ0n) is 8.72. The molecule has 1 aliphatic rings. The molecule has 0 aromatic heterocycles. The third-order valence-electron chi connectivity index (χ3n) is 2.23. The first-order valence-corrected chi connectivity index (χ1v) is 4.62. The first kappa shape index (κ1) is 11.8. The monoisotopic (exact) mass is 209 g/mol. The van der Waals surface area contributed by atoms with Gasteiger partial charge in [0, 0.05) is 0 Å². The summed E-state index contributed by atoms with van der Waals surface area (Å²) in [5.74, 6) is -0.678. The van der Waals surface area contributed by atoms with Crippen LogP contribution in [0.3, 0.4) is 0 Å². The Hall–Kier alpha value is -0.260. The largest absolute Gasteiger partial charge is 0.348 e. The van der Waals surface area contributed by atoms with E-state index in [4.69, 9.17) is 15.2 Å². The number of rotatable bonds is 3. The van der Waals surface area contributed by atoms with Crippen LogP contribution in [0.2, 0.25) is 0 Å². The minimum Gasteiger partial charge on any atom is -0.348 e. The number of halogens is 2. The lowest BCUT2D eigenvalue weighted by atomic mass is 9.96. The quantitative estimate of drug-likeness (QED) is 0.766. The molecule has 0 aromatic rings. The summed E-state index contributed by atoms with van der Waals surface area (Å²) in [4.78, 5) is 0. The van der Waals surface area contributed by atoms with Crippen LogP contribution in [0.15, 0.2) is 0 Å². The highest BCUT2D eigenvalue weighted by atomic mass is 19.3. The Labute approximate surface area is 82.6 Å². The summed E-state index contributed by atoms with van der Waals surface area (Å²) < 4.78 is 35.5. The normalized spacial score (nSPS) is 30.6. The molecule has 1 aliphatic heterocycles. The van der Waals surface area contributed by atoms with Gasteiger partial charge in [-0.3, -0.25) is 0 Å². The molecule has 84 valence electrons. The topological polar surface area (TPSA) is 44.5 Å². The molecule has 14 heavy (non-hydrogen) atoms. The summed E-state index contributed by atoms with van der Waals surface area (Å²) >= 11 is 0. The van der Waals surface area contributed by atoms with Gasteiger partial charge in [-0.25, -0.2) is 8.78 Å². The molecule has 1 rings (SSSR count). The summed E-state index contributed by atoms with van der Waals surface area (Å²) in [6, 6.07) is 0. The van der Waals surface area contributed by atoms with Crippen molar-refractivity contribution in [3.05, 3.63) is 0 Å². The van der Waals surface area contributed by atoms with Crippen LogP contribution in [-0.4, -0.2) is 30.5 Å². The summed E-state index contributed by atoms with van der Waals surface area (Å²) in [6.07, 6.45) is -2.78. The van der Waals surface area contributed by atoms with Crippen molar-refractivity contribution in [2.75, 3.05) is 6.61 Å². The average molecular weight is 209 g/mol. The number of nitrogens with two attached hydrogens (primary N) is 1. The van der Waals surface area contributed by atoms with Gasteiger partial charge >= 0.3 is 0 Å². The fraction of sp³-hybridized carbons (Fsp3) is 1.00. The Kier molecular flexibility index (Phi) is 3.13. The van der Waals surface area contributed by atoms with Gasteiger partial charge in [-0.1, -0.05) is 0 Å². The molecule has 0 aliphatic carbocycles. The maximum atomic E-state index is 12.4. The van der Waals surface area contributed by atoms with E-state index in [1.807, 2.05) is 0 Å². The van der Waals surface area contributed by atoms with Crippen molar-refractivity contribution < 1.29 is 18.3 Å². The van der Waals surface area contributed by atoms with Gasteiger partial charge in [0.05, 0.1) is 18.2 Å². The van der Waals surface area contributed by atoms with Gasteiger partial charge in [-0.15, -0.1) is 0 Å². The van der Waals surface area contributed by atoms with E-state index in [2.05, 4.69) is 0 Å². The van der Waals surface area contributed by atoms with Crippen LogP contribution in [0.1, 0.15) is 27.2 Å². The summed E-state index contributed by atoms with van der Waals surface area (Å²) in [7, 11) is 0. The predicted octanol–water partition coefficient (Wildman–Crippen LogP) is 1.51. The van der Waals surface area contributed by atoms with E-state index in [9.17, 15) is 8.78 Å². The highest BCUT2D eigenvalue weighted by molar-refractivity contribution is 4.87. The molecule has 1 fully saturated rings. The van der Waals surface area contributed by atoms with Gasteiger partial charge < -0.3 is 15.2 Å². The van der Waals surface area contributed by atoms with Crippen LogP contribution < -0.4 is 5.73 Å². The first-order chi connectivity index (χ1) is 6.23. The SMILES string of the molecule is CC1(C)OCC(CC(C)(N)C(F)F)O1. The van der Waals surface area contributed by atoms with Gasteiger partial charge in [0.2, 0.25) is 0 Å². The van der Waals surface area contributed by atoms with Crippen molar-refractivity contribution in [1.82, 2.24) is 0 Å². The van der Waals surface area contributed by atoms with Crippen LogP contribution in [0.25, 0.3) is 0 Å². The second kappa shape index (κ2) is 3.72. The highest BCUT2D eigenvalue weighted by Crippen LogP contribution is 2.28. The van der Waals surface area contributed by atoms with Gasteiger partial charge in [0.25, 0.3) is 6.43 Å². The standard InChI is InChI=1S/C9H17F2NO2/c1-8(2)13-5-6(14-8)4-9(3,12)7(10)11/h6-7H,4-5,12H2,1-3H3. The van der Waals surface area contributed by atoms with E-state index >= 15 is 0 Å². The van der Waals surface area contributed by atoms with E-state index in [0.717, 1.165) is 0 Å². The lowest BCUT2D eigenvalue weighted by Gasteiger charge is -2.26. The Morgan fingerprint density at radius 3 is 2.50 bits per heavy atom. The molecule has 1 saturated heterocycles. The Bertz CT molecular complexity index is 207. The van der Waals surface area contributed by atoms with E-state index in [-0.39, 0.29) is 12.5 Å². The van der Waals surface area contributed by atoms with Gasteiger partial charge in [0.1, 0.15) is 0 Å². The van der Waals surface area contributed by atoms with E-state index in [1.54, 1.807) is 13.8 Å². The average Bonchev–Trinajstić information content (AvgIpc) is 2.28. The summed E-state index contributed by atoms with van der Waals surface area (Å²) in [5.41, 5.74) is 3.94. The van der Waals surface area contributed by atoms with Crippen LogP contribution in [-0.2, 0) is 9.47 Å². The molecule has 0 amide bonds. The molecule has 0 bridgehead atoms. The van der Waals surface area contributed by atoms with Crippen molar-refractivity contribution in [3.63, 3.8) is 0 Å². The first-order valence-electron chi connectivity index (χ1n) is 4.62. The lowest BCUT2D eigenvalue weighted by Crippen LogP contribution is -2.47. The van der Waals surface area contributed by atoms with Crippen molar-refractivity contribution >= 4 is 0 Å². The Morgan fingerprint density at radius 1 is 1.57 bits per heavy atom. The van der Waals surface area contributed by atoms with Gasteiger partial charge in [-0.05, 0) is 27.2 Å². The van der Waals surface area contributed by atoms with Crippen molar-refractivity contribution in [2.45, 2.75) is 51.0 Å². The highest BCUT2D eigenvalue weighted by Gasteiger charge is 2.39. The zero-order chi connectivity index (χ0) is 11.0. The van der Waals surface area contributed by atoms with Crippen LogP contribution in [0.5, 0.6) is 0 Å². The predicted molar refractivity (Wildman–Crippen MR) is 48.1 cm³/mol. The molecule has 0 radical (unpaired) electrons. The fourth-order valence-electron chi connectivity index (χ4n) is 1.44. The number of hydrogen-bond donors (Lipinski definition) is 1. The molecule has 3 nitrogen and oxygen atoms in total. The number of alkyl halides is 2. The smallest absolute Gasteiger partial charge is 0.256 e. The number of hydrogen-bond acceptors (Lipinski definition) is 3. The van der Waals surface area contributed by atoms with Crippen molar-refractivity contribution in [1.29, 1.82) is 0 Å². The molecule has 0 saturated carbocycles. The molecule has 2 N–H and O–H groups in total.